The second-order valence-corrected chi connectivity index (χ2v) is 47.0. The van der Waals surface area contributed by atoms with Gasteiger partial charge in [0.05, 0.1) is 72.2 Å². The summed E-state index contributed by atoms with van der Waals surface area (Å²) in [7, 11) is -15.2. The van der Waals surface area contributed by atoms with Crippen LogP contribution in [0.5, 0.6) is 0 Å². The third-order valence-corrected chi connectivity index (χ3v) is 27.1. The first-order valence-electron chi connectivity index (χ1n) is 39.1. The molecule has 9 heterocycles. The van der Waals surface area contributed by atoms with Crippen LogP contribution in [0.1, 0.15) is 114 Å². The molecule has 39 nitrogen and oxygen atoms in total. The number of aromatic nitrogens is 9. The van der Waals surface area contributed by atoms with Gasteiger partial charge < -0.3 is 63.0 Å². The predicted molar refractivity (Wildman–Crippen MR) is 553 cm³/mol. The summed E-state index contributed by atoms with van der Waals surface area (Å²) in [5, 5.41) is 80.7. The fourth-order valence-corrected chi connectivity index (χ4v) is 20.2. The van der Waals surface area contributed by atoms with Gasteiger partial charge in [-0.05, 0) is 197 Å². The highest BCUT2D eigenvalue weighted by Gasteiger charge is 2.30. The van der Waals surface area contributed by atoms with Crippen LogP contribution >= 0.6 is 188 Å². The van der Waals surface area contributed by atoms with E-state index in [9.17, 15) is 83.0 Å². The first-order valence-corrected chi connectivity index (χ1v) is 58.3. The van der Waals surface area contributed by atoms with Crippen LogP contribution in [0.25, 0.3) is 0 Å². The van der Waals surface area contributed by atoms with E-state index in [4.69, 9.17) is 42.5 Å². The van der Waals surface area contributed by atoms with Crippen molar-refractivity contribution in [3.8, 4) is 0 Å². The number of rotatable bonds is 25. The van der Waals surface area contributed by atoms with Gasteiger partial charge in [0.25, 0.3) is 45.5 Å². The first kappa shape index (κ1) is 135. The summed E-state index contributed by atoms with van der Waals surface area (Å²) in [5.74, 6) is 0. The lowest BCUT2D eigenvalue weighted by Crippen LogP contribution is -2.46. The third kappa shape index (κ3) is 60.0. The van der Waals surface area contributed by atoms with Crippen LogP contribution in [-0.4, -0.2) is 171 Å². The molecule has 748 valence electrons. The Kier molecular flexibility index (Phi) is 71.8. The summed E-state index contributed by atoms with van der Waals surface area (Å²) in [6.45, 7) is 41.8. The Bertz CT molecular complexity index is 5310. The van der Waals surface area contributed by atoms with E-state index < -0.39 is 66.1 Å². The first-order chi connectivity index (χ1) is 62.0. The Hall–Kier alpha value is -5.25. The van der Waals surface area contributed by atoms with Gasteiger partial charge in [0.1, 0.15) is 30.9 Å². The number of hydrogen-bond donors (Lipinski definition) is 3. The Morgan fingerprint density at radius 3 is 1.12 bits per heavy atom. The number of pyridine rings is 9. The summed E-state index contributed by atoms with van der Waals surface area (Å²) in [6, 6.07) is 32.3. The van der Waals surface area contributed by atoms with E-state index in [1.54, 1.807) is 117 Å². The lowest BCUT2D eigenvalue weighted by Gasteiger charge is -2.15. The highest BCUT2D eigenvalue weighted by atomic mass is 79.9. The molecule has 0 aliphatic rings. The van der Waals surface area contributed by atoms with Gasteiger partial charge in [-0.3, -0.25) is 58.0 Å². The maximum Gasteiger partial charge on any atom is 0.504 e. The Balaban J connectivity index is -0.000000694. The van der Waals surface area contributed by atoms with E-state index in [0.29, 0.717) is 104 Å². The van der Waals surface area contributed by atoms with E-state index in [1.165, 1.54) is 83.0 Å². The summed E-state index contributed by atoms with van der Waals surface area (Å²) in [6.07, 6.45) is 0. The second-order valence-electron chi connectivity index (χ2n) is 26.0. The molecule has 6 atom stereocenters. The van der Waals surface area contributed by atoms with E-state index in [1.807, 2.05) is 78.8 Å². The number of aliphatic hydroxyl groups excluding tert-OH is 2. The zero-order valence-corrected chi connectivity index (χ0v) is 97.7. The Morgan fingerprint density at radius 1 is 0.425 bits per heavy atom. The molecule has 0 saturated carbocycles. The van der Waals surface area contributed by atoms with Crippen molar-refractivity contribution in [1.29, 1.82) is 0 Å². The van der Waals surface area contributed by atoms with Crippen LogP contribution < -0.4 is 41.4 Å². The summed E-state index contributed by atoms with van der Waals surface area (Å²) in [5.41, 5.74) is 6.94. The molecule has 6 unspecified atom stereocenters. The van der Waals surface area contributed by atoms with Gasteiger partial charge in [-0.25, -0.2) is 29.9 Å². The number of halogens is 9. The van der Waals surface area contributed by atoms with Gasteiger partial charge in [0, 0.05) is 215 Å². The van der Waals surface area contributed by atoms with Crippen molar-refractivity contribution in [2.24, 2.45) is 0 Å². The normalized spacial score (nSPS) is 12.5. The molecule has 9 rings (SSSR count). The van der Waals surface area contributed by atoms with Crippen LogP contribution in [0.3, 0.4) is 0 Å². The summed E-state index contributed by atoms with van der Waals surface area (Å²) < 4.78 is 117. The van der Waals surface area contributed by atoms with Crippen molar-refractivity contribution >= 4 is 237 Å². The fourth-order valence-electron chi connectivity index (χ4n) is 8.91. The molecule has 9 aromatic rings. The molecule has 54 heteroatoms. The van der Waals surface area contributed by atoms with Gasteiger partial charge in [-0.2, -0.15) is 14.2 Å². The SMILES string of the molecule is CC(=O)Br.CCOC(OCC)OCC.CCOP(C)(=O)c1cc(Br)cc(C)[n+]1[O-].CCOP(C)(=O)c1cc(Br)cc(C)n1.CCOP(C)(=O)c1cc(Br)cc(CO)n1.CCOP(C)(=O)c1cc([N+](=O)[O-])cc(C)n1.CCO[P+](C)=O.CO.Cc1cc(Br)cc(P(C)(=O)O)n1.Cc1cc([N+](=O)[O-])cc(Br)[n+]1[O-].Cc1cc([N+](=O)[O-])cc(Br)n1.Cc1cccc(Br)[n+]1[O-].Cc1cccc(Br)n1. The van der Waals surface area contributed by atoms with E-state index >= 15 is 0 Å². The van der Waals surface area contributed by atoms with Crippen LogP contribution in [0.4, 0.5) is 17.1 Å². The van der Waals surface area contributed by atoms with Crippen molar-refractivity contribution < 1.29 is 113 Å². The largest absolute Gasteiger partial charge is 0.618 e. The molecule has 0 radical (unpaired) electrons. The van der Waals surface area contributed by atoms with Gasteiger partial charge in [0.15, 0.2) is 28.4 Å². The highest BCUT2D eigenvalue weighted by molar-refractivity contribution is 9.18. The Morgan fingerprint density at radius 2 is 0.776 bits per heavy atom. The second kappa shape index (κ2) is 71.2. The molecule has 0 aliphatic heterocycles. The number of hydrogen-bond acceptors (Lipinski definition) is 32. The van der Waals surface area contributed by atoms with Crippen LogP contribution in [0.2, 0.25) is 0 Å². The lowest BCUT2D eigenvalue weighted by atomic mass is 10.3. The van der Waals surface area contributed by atoms with Crippen molar-refractivity contribution in [3.63, 3.8) is 0 Å². The zero-order valence-electron chi connectivity index (χ0n) is 78.1. The average Bonchev–Trinajstić information content (AvgIpc) is 0.806. The van der Waals surface area contributed by atoms with Gasteiger partial charge in [-0.1, -0.05) is 69.8 Å². The number of carbonyl (C=O) groups is 1. The number of ether oxygens (including phenoxy) is 3. The quantitative estimate of drug-likeness (QED) is 0.00699. The zero-order chi connectivity index (χ0) is 105. The highest BCUT2D eigenvalue weighted by Crippen LogP contribution is 2.44. The van der Waals surface area contributed by atoms with Gasteiger partial charge in [-0.15, -0.1) is 4.52 Å². The van der Waals surface area contributed by atoms with Crippen molar-refractivity contribution in [2.45, 2.75) is 131 Å². The number of nitrogens with zero attached hydrogens (tertiary/aromatic N) is 12. The minimum absolute atomic E-state index is 0.0208. The minimum atomic E-state index is -3.21. The average molecular weight is 2580 g/mol. The molecule has 0 amide bonds. The van der Waals surface area contributed by atoms with Gasteiger partial charge in [0.2, 0.25) is 29.5 Å². The smallest absolute Gasteiger partial charge is 0.504 e. The van der Waals surface area contributed by atoms with Crippen LogP contribution in [-0.2, 0) is 75.6 Å². The molecular weight excluding hydrogens is 2470 g/mol. The monoisotopic (exact) mass is 2570 g/mol. The molecule has 9 aromatic heterocycles. The number of aliphatic hydroxyl groups is 2. The number of aryl methyl sites for hydroxylation is 8. The van der Waals surface area contributed by atoms with E-state index in [0.717, 1.165) is 51.4 Å². The molecule has 0 spiro atoms. The molecule has 0 fully saturated rings. The standard InChI is InChI=1S/2C9H13BrNO3P.C9H13BrNO2P.C9H13N2O4P.C7H9BrNO2P.C7H16O3.C6H5BrN2O3.C6H5BrN2O2.C6H6BrNO.C6H6BrN.C3H8O2P.C2H3BrO.CH4O/c1-4-14-15(3,13)9-6-8(10)5-7(2)11(9)12;1-3-14-15(2,13)9-5-7(10)4-8(6-12)11-9;1-4-13-14(3,12)9-6-8(10)5-7(2)11-9;1-4-15-16(3,14)9-6-8(11(12)13)5-7(2)10-9;1-5-3-6(8)4-7(9-5)12(2,10)11;1-4-8-7(9-5-2)10-6-3;1-4-2-5(9(11)12)3-6(7)8(4)10;1-4-2-5(9(10)11)3-6(7)8-4;1-5-3-2-4-6(7)8(5)9;1-5-3-2-4-6(7)8-5;1-3-5-6(2)4;1-2(3)4;1-2/h5-6H,4H2,1-3H3;4-5,12H,3,6H2,1-2H3;5-6H,4H2,1-3H3;5-6H,4H2,1-3H3;3-4H,1-2H3,(H,10,11);7H,4-6H2,1-3H3;2-3H,1H3;2-3H,1H3;2-4H,1H3;2-4H,1H3;3H2,1-2H3;1H3;2H,1H3/q;;;;;;;;;;+1;;. The van der Waals surface area contributed by atoms with Crippen molar-refractivity contribution in [2.75, 3.05) is 100.0 Å². The number of nitro groups is 3. The van der Waals surface area contributed by atoms with Crippen molar-refractivity contribution in [3.05, 3.63) is 255 Å². The van der Waals surface area contributed by atoms with Gasteiger partial charge >= 0.3 is 8.03 Å². The van der Waals surface area contributed by atoms with Crippen LogP contribution in [0, 0.1) is 101 Å². The van der Waals surface area contributed by atoms with E-state index in [2.05, 4.69) is 178 Å². The summed E-state index contributed by atoms with van der Waals surface area (Å²) in [4.78, 5) is 72.5. The Labute approximate surface area is 857 Å². The molecule has 0 saturated heterocycles. The molecule has 0 aromatic carbocycles. The third-order valence-electron chi connectivity index (χ3n) is 14.3. The number of carbonyl (C=O) groups excluding carboxylic acids is 1. The predicted octanol–water partition coefficient (Wildman–Crippen LogP) is 20.3. The maximum absolute atomic E-state index is 12.1. The van der Waals surface area contributed by atoms with Crippen LogP contribution in [0.15, 0.2) is 158 Å². The maximum atomic E-state index is 12.1. The minimum Gasteiger partial charge on any atom is -0.618 e. The topological polar surface area (TPSA) is 542 Å². The fraction of sp³-hybridized carbons (Fsp3) is 0.425. The summed E-state index contributed by atoms with van der Waals surface area (Å²) >= 11 is 28.1. The molecule has 3 N–H and O–H groups in total. The molecular formula is C80H114Br9N12O27P6+. The van der Waals surface area contributed by atoms with E-state index in [-0.39, 0.29) is 61.6 Å². The molecule has 0 bridgehead atoms. The molecule has 0 aliphatic carbocycles. The van der Waals surface area contributed by atoms with Crippen molar-refractivity contribution in [1.82, 2.24) is 29.9 Å². The molecule has 134 heavy (non-hydrogen) atoms. The lowest BCUT2D eigenvalue weighted by molar-refractivity contribution is -0.624.